The molecule has 53 heavy (non-hydrogen) atoms. The minimum atomic E-state index is -5.25. The fourth-order valence-electron chi connectivity index (χ4n) is 4.84. The first-order chi connectivity index (χ1) is 24.7. The molecule has 2 amide bonds. The second-order valence-electron chi connectivity index (χ2n) is 11.6. The number of benzene rings is 1. The van der Waals surface area contributed by atoms with Gasteiger partial charge in [0.2, 0.25) is 11.8 Å². The molecular formula is C29H36N5O18P. The highest BCUT2D eigenvalue weighted by atomic mass is 31.2. The zero-order valence-electron chi connectivity index (χ0n) is 27.5. The number of H-pyrrole nitrogens is 1. The molecule has 2 aliphatic heterocycles. The van der Waals surface area contributed by atoms with Crippen molar-refractivity contribution in [3.05, 3.63) is 45.1 Å². The van der Waals surface area contributed by atoms with Crippen LogP contribution in [0.4, 0.5) is 0 Å². The Morgan fingerprint density at radius 3 is 2.19 bits per heavy atom. The molecule has 3 rings (SSSR count). The predicted octanol–water partition coefficient (Wildman–Crippen LogP) is -2.72. The number of nitrogens with zero attached hydrogens (tertiary/aromatic N) is 2. The summed E-state index contributed by atoms with van der Waals surface area (Å²) in [7, 11) is -5.25. The first-order valence-corrected chi connectivity index (χ1v) is 16.9. The minimum absolute atomic E-state index is 0.0936. The number of pyridine rings is 1. The SMILES string of the molecule is CC(OP(=O)(O)OCC(O)C(O)C(O)Cn1c2nc(=O)[nH]c(=O)c-2cc2ccc(O)cc21)C(=O)NC(CCC(=O)NC(CCC(=O)O)C(=O)O)C(=O)O. The number of carboxylic acid groups (broad SMARTS) is 3. The summed E-state index contributed by atoms with van der Waals surface area (Å²) >= 11 is 0. The first-order valence-electron chi connectivity index (χ1n) is 15.4. The molecule has 290 valence electrons. The summed E-state index contributed by atoms with van der Waals surface area (Å²) in [5.41, 5.74) is -1.80. The molecule has 0 aromatic heterocycles. The highest BCUT2D eigenvalue weighted by Crippen LogP contribution is 2.44. The largest absolute Gasteiger partial charge is 0.508 e. The molecular weight excluding hydrogens is 737 g/mol. The number of amides is 2. The Hall–Kier alpha value is -5.29. The summed E-state index contributed by atoms with van der Waals surface area (Å²) < 4.78 is 23.0. The van der Waals surface area contributed by atoms with E-state index in [0.717, 1.165) is 11.5 Å². The number of nitrogens with one attached hydrogen (secondary N) is 3. The Labute approximate surface area is 296 Å². The van der Waals surface area contributed by atoms with Gasteiger partial charge in [-0.2, -0.15) is 4.98 Å². The fraction of sp³-hybridized carbons (Fsp3) is 0.448. The van der Waals surface area contributed by atoms with Crippen molar-refractivity contribution in [1.82, 2.24) is 25.2 Å². The number of carbonyl (C=O) groups excluding carboxylic acids is 2. The number of carboxylic acids is 3. The van der Waals surface area contributed by atoms with Gasteiger partial charge in [0.25, 0.3) is 5.56 Å². The maximum Gasteiger partial charge on any atom is 0.473 e. The molecule has 2 heterocycles. The van der Waals surface area contributed by atoms with Crippen molar-refractivity contribution in [3.63, 3.8) is 0 Å². The molecule has 7 unspecified atom stereocenters. The zero-order chi connectivity index (χ0) is 39.8. The summed E-state index contributed by atoms with van der Waals surface area (Å²) in [4.78, 5) is 98.5. The van der Waals surface area contributed by atoms with E-state index in [-0.39, 0.29) is 22.7 Å². The average Bonchev–Trinajstić information content (AvgIpc) is 3.06. The molecule has 11 N–H and O–H groups in total. The molecule has 0 aliphatic carbocycles. The number of aliphatic carboxylic acids is 3. The van der Waals surface area contributed by atoms with Crippen LogP contribution in [0.15, 0.2) is 33.9 Å². The maximum atomic E-state index is 12.5. The number of phenols is 1. The Morgan fingerprint density at radius 2 is 1.57 bits per heavy atom. The number of hydrogen-bond donors (Lipinski definition) is 11. The predicted molar refractivity (Wildman–Crippen MR) is 174 cm³/mol. The van der Waals surface area contributed by atoms with Gasteiger partial charge < -0.3 is 55.8 Å². The first kappa shape index (κ1) is 42.1. The van der Waals surface area contributed by atoms with Gasteiger partial charge in [0.05, 0.1) is 24.2 Å². The number of phosphoric acid groups is 1. The lowest BCUT2D eigenvalue weighted by atomic mass is 10.1. The number of hydrogen-bond acceptors (Lipinski definition) is 15. The third kappa shape index (κ3) is 11.9. The number of aromatic hydroxyl groups is 1. The van der Waals surface area contributed by atoms with Crippen molar-refractivity contribution in [1.29, 1.82) is 0 Å². The van der Waals surface area contributed by atoms with Crippen LogP contribution < -0.4 is 21.9 Å². The van der Waals surface area contributed by atoms with Crippen molar-refractivity contribution in [2.24, 2.45) is 0 Å². The van der Waals surface area contributed by atoms with Gasteiger partial charge in [0, 0.05) is 18.9 Å². The van der Waals surface area contributed by atoms with Gasteiger partial charge in [-0.25, -0.2) is 18.9 Å². The highest BCUT2D eigenvalue weighted by Gasteiger charge is 2.34. The van der Waals surface area contributed by atoms with Crippen molar-refractivity contribution in [2.45, 2.75) is 75.7 Å². The molecule has 0 spiro atoms. The third-order valence-electron chi connectivity index (χ3n) is 7.56. The van der Waals surface area contributed by atoms with E-state index in [4.69, 9.17) is 10.2 Å². The number of aromatic nitrogens is 3. The van der Waals surface area contributed by atoms with E-state index in [1.165, 1.54) is 24.3 Å². The monoisotopic (exact) mass is 773 g/mol. The molecule has 0 bridgehead atoms. The number of phenolic OH excluding ortho intramolecular Hbond substituents is 1. The van der Waals surface area contributed by atoms with E-state index in [1.54, 1.807) is 0 Å². The Balaban J connectivity index is 1.59. The van der Waals surface area contributed by atoms with Gasteiger partial charge in [0.15, 0.2) is 5.82 Å². The lowest BCUT2D eigenvalue weighted by Crippen LogP contribution is -2.46. The van der Waals surface area contributed by atoms with E-state index in [2.05, 4.69) is 14.0 Å². The van der Waals surface area contributed by atoms with Gasteiger partial charge in [0.1, 0.15) is 42.2 Å². The number of aromatic amines is 1. The van der Waals surface area contributed by atoms with Gasteiger partial charge in [-0.3, -0.25) is 33.2 Å². The van der Waals surface area contributed by atoms with Crippen LogP contribution in [-0.4, -0.2) is 128 Å². The zero-order valence-corrected chi connectivity index (χ0v) is 28.4. The summed E-state index contributed by atoms with van der Waals surface area (Å²) in [5.74, 6) is -7.25. The lowest BCUT2D eigenvalue weighted by molar-refractivity contribution is -0.144. The smallest absolute Gasteiger partial charge is 0.473 e. The van der Waals surface area contributed by atoms with E-state index >= 15 is 0 Å². The second kappa shape index (κ2) is 18.0. The van der Waals surface area contributed by atoms with Crippen molar-refractivity contribution in [3.8, 4) is 17.1 Å². The average molecular weight is 774 g/mol. The maximum absolute atomic E-state index is 12.5. The highest BCUT2D eigenvalue weighted by molar-refractivity contribution is 7.47. The van der Waals surface area contributed by atoms with Crippen LogP contribution in [0.5, 0.6) is 5.75 Å². The van der Waals surface area contributed by atoms with Crippen LogP contribution in [0.25, 0.3) is 22.3 Å². The topological polar surface area (TPSA) is 375 Å². The molecule has 0 saturated heterocycles. The number of aliphatic hydroxyl groups is 3. The third-order valence-corrected chi connectivity index (χ3v) is 8.61. The Morgan fingerprint density at radius 1 is 0.943 bits per heavy atom. The normalized spacial score (nSPS) is 16.1. The fourth-order valence-corrected chi connectivity index (χ4v) is 5.74. The summed E-state index contributed by atoms with van der Waals surface area (Å²) in [6, 6.07) is 1.94. The van der Waals surface area contributed by atoms with Crippen LogP contribution >= 0.6 is 7.82 Å². The molecule has 23 nitrogen and oxygen atoms in total. The number of phosphoric ester groups is 1. The van der Waals surface area contributed by atoms with Gasteiger partial charge in [-0.1, -0.05) is 0 Å². The molecule has 1 aromatic carbocycles. The second-order valence-corrected chi connectivity index (χ2v) is 13.0. The summed E-state index contributed by atoms with van der Waals surface area (Å²) in [5, 5.41) is 73.4. The van der Waals surface area contributed by atoms with Crippen LogP contribution in [-0.2, 0) is 44.1 Å². The molecule has 2 aliphatic rings. The van der Waals surface area contributed by atoms with Gasteiger partial charge >= 0.3 is 31.4 Å². The van der Waals surface area contributed by atoms with Crippen molar-refractivity contribution in [2.75, 3.05) is 6.61 Å². The van der Waals surface area contributed by atoms with Crippen LogP contribution in [0.2, 0.25) is 0 Å². The van der Waals surface area contributed by atoms with Gasteiger partial charge in [-0.15, -0.1) is 0 Å². The van der Waals surface area contributed by atoms with E-state index in [1.807, 2.05) is 15.6 Å². The number of rotatable bonds is 20. The van der Waals surface area contributed by atoms with Gasteiger partial charge in [-0.05, 0) is 43.4 Å². The molecule has 0 radical (unpaired) electrons. The molecule has 0 saturated carbocycles. The quantitative estimate of drug-likeness (QED) is 0.0410. The van der Waals surface area contributed by atoms with Crippen molar-refractivity contribution < 1.29 is 78.2 Å². The van der Waals surface area contributed by atoms with E-state index in [0.29, 0.717) is 5.39 Å². The standard InChI is InChI=1S/C29H36N5O18P/c1-12(25(42)31-17(28(46)47)4-6-21(38)30-16(27(44)45)5-7-22(39)40)52-53(49,50)51-11-20(37)23(41)19(36)10-34-18-9-14(35)3-2-13(18)8-15-24(34)32-29(48)33-26(15)43/h2-3,8-9,12,16-17,19-20,23,35-37,41H,4-7,10-11H2,1H3,(H,30,38)(H,31,42)(H,39,40)(H,44,45)(H,46,47)(H,49,50)(H,33,43,48). The van der Waals surface area contributed by atoms with Crippen LogP contribution in [0.1, 0.15) is 32.6 Å². The van der Waals surface area contributed by atoms with Crippen molar-refractivity contribution >= 4 is 48.4 Å². The lowest BCUT2D eigenvalue weighted by Gasteiger charge is -2.26. The number of carbonyl (C=O) groups is 5. The minimum Gasteiger partial charge on any atom is -0.508 e. The molecule has 24 heteroatoms. The van der Waals surface area contributed by atoms with Crippen LogP contribution in [0, 0.1) is 0 Å². The number of fused-ring (bicyclic) bond motifs is 2. The van der Waals surface area contributed by atoms with Crippen LogP contribution in [0.3, 0.4) is 0 Å². The Kier molecular flexibility index (Phi) is 14.3. The van der Waals surface area contributed by atoms with E-state index in [9.17, 15) is 68.6 Å². The molecule has 7 atom stereocenters. The van der Waals surface area contributed by atoms with E-state index < -0.39 is 124 Å². The summed E-state index contributed by atoms with van der Waals surface area (Å²) in [6.07, 6.45) is -10.3. The Bertz CT molecular complexity index is 1980. The number of aliphatic hydroxyl groups excluding tert-OH is 3. The molecule has 0 fully saturated rings. The molecule has 1 aromatic rings. The summed E-state index contributed by atoms with van der Waals surface area (Å²) in [6.45, 7) is -0.910.